The molecule has 3 heteroatoms. The number of aliphatic hydroxyl groups excluding tert-OH is 1. The van der Waals surface area contributed by atoms with Crippen molar-refractivity contribution in [3.8, 4) is 0 Å². The van der Waals surface area contributed by atoms with Crippen LogP contribution >= 0.6 is 11.6 Å². The van der Waals surface area contributed by atoms with E-state index >= 15 is 0 Å². The second kappa shape index (κ2) is 3.52. The van der Waals surface area contributed by atoms with Gasteiger partial charge >= 0.3 is 0 Å². The van der Waals surface area contributed by atoms with Crippen LogP contribution in [-0.4, -0.2) is 16.7 Å². The maximum absolute atomic E-state index is 9.40. The van der Waals surface area contributed by atoms with Gasteiger partial charge in [0.15, 0.2) is 0 Å². The van der Waals surface area contributed by atoms with Crippen LogP contribution in [0, 0.1) is 6.92 Å². The molecule has 76 valence electrons. The number of nitrogens with zero attached hydrogens (tertiary/aromatic N) is 1. The topological polar surface area (TPSA) is 33.1 Å². The lowest BCUT2D eigenvalue weighted by atomic mass is 9.65. The first-order valence-corrected chi connectivity index (χ1v) is 5.30. The Morgan fingerprint density at radius 3 is 2.64 bits per heavy atom. The van der Waals surface area contributed by atoms with Crippen molar-refractivity contribution in [1.29, 1.82) is 0 Å². The number of pyridine rings is 1. The van der Waals surface area contributed by atoms with E-state index in [1.54, 1.807) is 0 Å². The summed E-state index contributed by atoms with van der Waals surface area (Å²) in [5.74, 6) is 0. The van der Waals surface area contributed by atoms with Gasteiger partial charge in [0.05, 0.1) is 6.61 Å². The van der Waals surface area contributed by atoms with Crippen LogP contribution in [-0.2, 0) is 5.41 Å². The molecule has 0 aliphatic heterocycles. The normalized spacial score (nSPS) is 19.1. The molecule has 1 fully saturated rings. The molecule has 0 amide bonds. The van der Waals surface area contributed by atoms with E-state index in [4.69, 9.17) is 11.6 Å². The molecule has 14 heavy (non-hydrogen) atoms. The maximum atomic E-state index is 9.40. The zero-order valence-electron chi connectivity index (χ0n) is 8.26. The summed E-state index contributed by atoms with van der Waals surface area (Å²) in [5, 5.41) is 9.95. The lowest BCUT2D eigenvalue weighted by Gasteiger charge is -2.41. The molecule has 1 heterocycles. The van der Waals surface area contributed by atoms with Gasteiger partial charge in [-0.2, -0.15) is 0 Å². The number of aromatic nitrogens is 1. The third-order valence-corrected chi connectivity index (χ3v) is 3.46. The number of aliphatic hydroxyl groups is 1. The lowest BCUT2D eigenvalue weighted by Crippen LogP contribution is -2.38. The van der Waals surface area contributed by atoms with Gasteiger partial charge in [-0.3, -0.25) is 0 Å². The first kappa shape index (κ1) is 9.94. The standard InChI is InChI=1S/C11H14ClNO/c1-8-3-4-9(10(12)13-8)11(7-14)5-2-6-11/h3-4,14H,2,5-7H2,1H3. The van der Waals surface area contributed by atoms with E-state index in [9.17, 15) is 5.11 Å². The van der Waals surface area contributed by atoms with E-state index < -0.39 is 0 Å². The SMILES string of the molecule is Cc1ccc(C2(CO)CCC2)c(Cl)n1. The third kappa shape index (κ3) is 1.43. The summed E-state index contributed by atoms with van der Waals surface area (Å²) in [6, 6.07) is 3.96. The Labute approximate surface area is 88.9 Å². The van der Waals surface area contributed by atoms with E-state index in [0.717, 1.165) is 24.1 Å². The Hall–Kier alpha value is -0.600. The highest BCUT2D eigenvalue weighted by Gasteiger charge is 2.39. The summed E-state index contributed by atoms with van der Waals surface area (Å²) < 4.78 is 0. The van der Waals surface area contributed by atoms with Gasteiger partial charge < -0.3 is 5.11 Å². The first-order chi connectivity index (χ1) is 6.68. The highest BCUT2D eigenvalue weighted by atomic mass is 35.5. The summed E-state index contributed by atoms with van der Waals surface area (Å²) in [7, 11) is 0. The van der Waals surface area contributed by atoms with Crippen molar-refractivity contribution in [1.82, 2.24) is 4.98 Å². The van der Waals surface area contributed by atoms with Gasteiger partial charge in [-0.1, -0.05) is 24.1 Å². The van der Waals surface area contributed by atoms with Crippen molar-refractivity contribution in [2.75, 3.05) is 6.61 Å². The number of aryl methyl sites for hydroxylation is 1. The summed E-state index contributed by atoms with van der Waals surface area (Å²) in [6.45, 7) is 2.10. The zero-order chi connectivity index (χ0) is 10.2. The van der Waals surface area contributed by atoms with Gasteiger partial charge in [0.2, 0.25) is 0 Å². The maximum Gasteiger partial charge on any atom is 0.133 e. The number of hydrogen-bond donors (Lipinski definition) is 1. The Bertz CT molecular complexity index is 342. The second-order valence-corrected chi connectivity index (χ2v) is 4.44. The number of halogens is 1. The van der Waals surface area contributed by atoms with Crippen LogP contribution in [0.3, 0.4) is 0 Å². The van der Waals surface area contributed by atoms with Crippen LogP contribution in [0.1, 0.15) is 30.5 Å². The molecular formula is C11H14ClNO. The fourth-order valence-corrected chi connectivity index (χ4v) is 2.43. The van der Waals surface area contributed by atoms with Crippen LogP contribution in [0.25, 0.3) is 0 Å². The molecule has 1 aromatic heterocycles. The molecule has 1 N–H and O–H groups in total. The molecule has 1 saturated carbocycles. The predicted molar refractivity (Wildman–Crippen MR) is 56.6 cm³/mol. The molecule has 1 aliphatic rings. The van der Waals surface area contributed by atoms with Crippen molar-refractivity contribution in [2.45, 2.75) is 31.6 Å². The first-order valence-electron chi connectivity index (χ1n) is 4.92. The molecule has 0 aromatic carbocycles. The Morgan fingerprint density at radius 2 is 2.21 bits per heavy atom. The molecule has 1 aromatic rings. The fourth-order valence-electron chi connectivity index (χ4n) is 2.04. The van der Waals surface area contributed by atoms with E-state index in [1.807, 2.05) is 19.1 Å². The van der Waals surface area contributed by atoms with Gasteiger partial charge in [0.25, 0.3) is 0 Å². The summed E-state index contributed by atoms with van der Waals surface area (Å²) in [5.41, 5.74) is 1.84. The molecular weight excluding hydrogens is 198 g/mol. The Balaban J connectivity index is 2.40. The minimum absolute atomic E-state index is 0.0994. The minimum atomic E-state index is -0.0994. The molecule has 0 spiro atoms. The van der Waals surface area contributed by atoms with Crippen LogP contribution < -0.4 is 0 Å². The molecule has 0 saturated heterocycles. The van der Waals surface area contributed by atoms with Gasteiger partial charge in [0.1, 0.15) is 5.15 Å². The predicted octanol–water partition coefficient (Wildman–Crippen LogP) is 2.46. The van der Waals surface area contributed by atoms with Gasteiger partial charge in [-0.15, -0.1) is 0 Å². The van der Waals surface area contributed by atoms with Crippen molar-refractivity contribution in [3.05, 3.63) is 28.5 Å². The Morgan fingerprint density at radius 1 is 1.50 bits per heavy atom. The van der Waals surface area contributed by atoms with Gasteiger partial charge in [-0.25, -0.2) is 4.98 Å². The molecule has 0 atom stereocenters. The average Bonchev–Trinajstić information content (AvgIpc) is 2.07. The van der Waals surface area contributed by atoms with E-state index in [2.05, 4.69) is 4.98 Å². The molecule has 2 rings (SSSR count). The summed E-state index contributed by atoms with van der Waals surface area (Å²) in [4.78, 5) is 4.22. The van der Waals surface area contributed by atoms with Crippen LogP contribution in [0.2, 0.25) is 5.15 Å². The molecule has 2 nitrogen and oxygen atoms in total. The quantitative estimate of drug-likeness (QED) is 0.763. The van der Waals surface area contributed by atoms with E-state index in [0.29, 0.717) is 5.15 Å². The largest absolute Gasteiger partial charge is 0.395 e. The summed E-state index contributed by atoms with van der Waals surface area (Å²) >= 11 is 6.08. The van der Waals surface area contributed by atoms with Crippen molar-refractivity contribution >= 4 is 11.6 Å². The lowest BCUT2D eigenvalue weighted by molar-refractivity contribution is 0.120. The molecule has 0 bridgehead atoms. The van der Waals surface area contributed by atoms with Crippen LogP contribution in [0.15, 0.2) is 12.1 Å². The molecule has 0 radical (unpaired) electrons. The highest BCUT2D eigenvalue weighted by molar-refractivity contribution is 6.30. The average molecular weight is 212 g/mol. The summed E-state index contributed by atoms with van der Waals surface area (Å²) in [6.07, 6.45) is 3.21. The van der Waals surface area contributed by atoms with Gasteiger partial charge in [0, 0.05) is 11.1 Å². The Kier molecular flexibility index (Phi) is 2.50. The fraction of sp³-hybridized carbons (Fsp3) is 0.545. The van der Waals surface area contributed by atoms with Gasteiger partial charge in [-0.05, 0) is 31.4 Å². The highest BCUT2D eigenvalue weighted by Crippen LogP contribution is 2.45. The van der Waals surface area contributed by atoms with E-state index in [1.165, 1.54) is 6.42 Å². The third-order valence-electron chi connectivity index (χ3n) is 3.17. The molecule has 1 aliphatic carbocycles. The van der Waals surface area contributed by atoms with Crippen molar-refractivity contribution in [3.63, 3.8) is 0 Å². The smallest absolute Gasteiger partial charge is 0.133 e. The van der Waals surface area contributed by atoms with Crippen LogP contribution in [0.4, 0.5) is 0 Å². The minimum Gasteiger partial charge on any atom is -0.395 e. The van der Waals surface area contributed by atoms with Crippen molar-refractivity contribution < 1.29 is 5.11 Å². The molecule has 0 unspecified atom stereocenters. The van der Waals surface area contributed by atoms with Crippen LogP contribution in [0.5, 0.6) is 0 Å². The second-order valence-electron chi connectivity index (χ2n) is 4.08. The van der Waals surface area contributed by atoms with E-state index in [-0.39, 0.29) is 12.0 Å². The zero-order valence-corrected chi connectivity index (χ0v) is 9.01. The number of hydrogen-bond acceptors (Lipinski definition) is 2. The van der Waals surface area contributed by atoms with Crippen molar-refractivity contribution in [2.24, 2.45) is 0 Å². The number of rotatable bonds is 2. The monoisotopic (exact) mass is 211 g/mol.